The molecule has 9 heteroatoms. The van der Waals surface area contributed by atoms with E-state index in [1.165, 1.54) is 18.3 Å². The summed E-state index contributed by atoms with van der Waals surface area (Å²) in [6.07, 6.45) is 1.36. The molecular weight excluding hydrogens is 344 g/mol. The van der Waals surface area contributed by atoms with Gasteiger partial charge in [-0.15, -0.1) is 0 Å². The first-order valence-electron chi connectivity index (χ1n) is 7.12. The predicted octanol–water partition coefficient (Wildman–Crippen LogP) is 2.45. The van der Waals surface area contributed by atoms with Crippen LogP contribution >= 0.6 is 12.2 Å². The Morgan fingerprint density at radius 2 is 2.04 bits per heavy atom. The second-order valence-corrected chi connectivity index (χ2v) is 5.45. The van der Waals surface area contributed by atoms with Crippen LogP contribution in [0.25, 0.3) is 11.3 Å². The SMILES string of the molecule is Cc1n[nH]c(=S)n(/N=C/c2ccc(-c3ccc(C(=O)O)cc3)o2)c1=O. The molecular formula is C16H12N4O4S. The Balaban J connectivity index is 1.87. The first-order chi connectivity index (χ1) is 12.0. The lowest BCUT2D eigenvalue weighted by Crippen LogP contribution is -2.22. The van der Waals surface area contributed by atoms with E-state index in [0.717, 1.165) is 10.2 Å². The van der Waals surface area contributed by atoms with Gasteiger partial charge < -0.3 is 9.52 Å². The minimum Gasteiger partial charge on any atom is -0.478 e. The number of carbonyl (C=O) groups is 1. The molecule has 0 atom stereocenters. The van der Waals surface area contributed by atoms with E-state index in [1.54, 1.807) is 31.2 Å². The molecule has 126 valence electrons. The highest BCUT2D eigenvalue weighted by molar-refractivity contribution is 7.71. The van der Waals surface area contributed by atoms with E-state index in [1.807, 2.05) is 0 Å². The van der Waals surface area contributed by atoms with Crippen molar-refractivity contribution in [3.05, 3.63) is 68.5 Å². The number of carboxylic acid groups (broad SMARTS) is 1. The minimum atomic E-state index is -0.992. The Labute approximate surface area is 146 Å². The zero-order valence-corrected chi connectivity index (χ0v) is 13.8. The van der Waals surface area contributed by atoms with Gasteiger partial charge in [0.05, 0.1) is 11.8 Å². The van der Waals surface area contributed by atoms with Gasteiger partial charge >= 0.3 is 5.97 Å². The van der Waals surface area contributed by atoms with Crippen molar-refractivity contribution in [3.63, 3.8) is 0 Å². The van der Waals surface area contributed by atoms with Crippen LogP contribution in [-0.2, 0) is 0 Å². The van der Waals surface area contributed by atoms with Gasteiger partial charge in [0.2, 0.25) is 4.77 Å². The molecule has 1 aromatic carbocycles. The van der Waals surface area contributed by atoms with Crippen molar-refractivity contribution < 1.29 is 14.3 Å². The highest BCUT2D eigenvalue weighted by Crippen LogP contribution is 2.22. The van der Waals surface area contributed by atoms with E-state index in [4.69, 9.17) is 21.7 Å². The van der Waals surface area contributed by atoms with Crippen LogP contribution in [-0.4, -0.2) is 32.2 Å². The molecule has 0 unspecified atom stereocenters. The lowest BCUT2D eigenvalue weighted by atomic mass is 10.1. The number of hydrogen-bond acceptors (Lipinski definition) is 6. The van der Waals surface area contributed by atoms with Crippen molar-refractivity contribution in [2.45, 2.75) is 6.92 Å². The van der Waals surface area contributed by atoms with Gasteiger partial charge in [-0.2, -0.15) is 14.9 Å². The molecule has 3 rings (SSSR count). The van der Waals surface area contributed by atoms with Crippen molar-refractivity contribution in [1.82, 2.24) is 14.9 Å². The summed E-state index contributed by atoms with van der Waals surface area (Å²) in [6.45, 7) is 1.55. The van der Waals surface area contributed by atoms with Crippen molar-refractivity contribution in [3.8, 4) is 11.3 Å². The van der Waals surface area contributed by atoms with Crippen LogP contribution in [0, 0.1) is 11.7 Å². The monoisotopic (exact) mass is 356 g/mol. The van der Waals surface area contributed by atoms with Crippen molar-refractivity contribution >= 4 is 24.4 Å². The molecule has 3 aromatic rings. The van der Waals surface area contributed by atoms with Crippen LogP contribution in [0.3, 0.4) is 0 Å². The van der Waals surface area contributed by atoms with E-state index in [9.17, 15) is 9.59 Å². The van der Waals surface area contributed by atoms with E-state index in [0.29, 0.717) is 11.5 Å². The van der Waals surface area contributed by atoms with Gasteiger partial charge in [0.15, 0.2) is 0 Å². The fourth-order valence-corrected chi connectivity index (χ4v) is 2.22. The van der Waals surface area contributed by atoms with Crippen molar-refractivity contribution in [2.24, 2.45) is 5.10 Å². The first-order valence-corrected chi connectivity index (χ1v) is 7.53. The van der Waals surface area contributed by atoms with Crippen LogP contribution < -0.4 is 5.56 Å². The Kier molecular flexibility index (Phi) is 4.40. The van der Waals surface area contributed by atoms with Gasteiger partial charge in [-0.1, -0.05) is 12.1 Å². The summed E-state index contributed by atoms with van der Waals surface area (Å²) in [4.78, 5) is 22.8. The smallest absolute Gasteiger partial charge is 0.335 e. The summed E-state index contributed by atoms with van der Waals surface area (Å²) in [6, 6.07) is 9.68. The number of aromatic carboxylic acids is 1. The molecule has 0 amide bonds. The van der Waals surface area contributed by atoms with Crippen molar-refractivity contribution in [1.29, 1.82) is 0 Å². The Morgan fingerprint density at radius 1 is 1.32 bits per heavy atom. The molecule has 2 heterocycles. The number of aromatic amines is 1. The molecule has 0 aliphatic heterocycles. The number of nitrogens with zero attached hydrogens (tertiary/aromatic N) is 3. The average molecular weight is 356 g/mol. The van der Waals surface area contributed by atoms with Crippen LogP contribution in [0.5, 0.6) is 0 Å². The molecule has 2 aromatic heterocycles. The molecule has 0 radical (unpaired) electrons. The fraction of sp³-hybridized carbons (Fsp3) is 0.0625. The van der Waals surface area contributed by atoms with Gasteiger partial charge in [-0.3, -0.25) is 9.89 Å². The molecule has 0 saturated heterocycles. The van der Waals surface area contributed by atoms with E-state index in [2.05, 4.69) is 15.3 Å². The number of aromatic nitrogens is 3. The second-order valence-electron chi connectivity index (χ2n) is 5.06. The maximum Gasteiger partial charge on any atom is 0.335 e. The molecule has 0 aliphatic rings. The number of rotatable bonds is 4. The third-order valence-corrected chi connectivity index (χ3v) is 3.62. The van der Waals surface area contributed by atoms with Crippen LogP contribution in [0.2, 0.25) is 0 Å². The molecule has 0 fully saturated rings. The summed E-state index contributed by atoms with van der Waals surface area (Å²) < 4.78 is 6.72. The highest BCUT2D eigenvalue weighted by Gasteiger charge is 2.07. The first kappa shape index (κ1) is 16.5. The van der Waals surface area contributed by atoms with E-state index in [-0.39, 0.29) is 16.0 Å². The van der Waals surface area contributed by atoms with Crippen LogP contribution in [0.4, 0.5) is 0 Å². The molecule has 8 nitrogen and oxygen atoms in total. The molecule has 25 heavy (non-hydrogen) atoms. The van der Waals surface area contributed by atoms with Gasteiger partial charge in [0, 0.05) is 5.56 Å². The van der Waals surface area contributed by atoms with E-state index < -0.39 is 11.5 Å². The molecule has 0 bridgehead atoms. The molecule has 0 saturated carbocycles. The summed E-state index contributed by atoms with van der Waals surface area (Å²) in [5.41, 5.74) is 0.734. The Morgan fingerprint density at radius 3 is 2.72 bits per heavy atom. The van der Waals surface area contributed by atoms with Crippen molar-refractivity contribution in [2.75, 3.05) is 0 Å². The number of H-pyrrole nitrogens is 1. The number of benzene rings is 1. The number of aryl methyl sites for hydroxylation is 1. The Bertz CT molecular complexity index is 1080. The van der Waals surface area contributed by atoms with Crippen LogP contribution in [0.15, 0.2) is 50.7 Å². The lowest BCUT2D eigenvalue weighted by Gasteiger charge is -1.99. The minimum absolute atomic E-state index is 0.0721. The zero-order valence-electron chi connectivity index (χ0n) is 13.0. The second kappa shape index (κ2) is 6.65. The summed E-state index contributed by atoms with van der Waals surface area (Å²) in [5, 5.41) is 19.2. The van der Waals surface area contributed by atoms with Gasteiger partial charge in [0.1, 0.15) is 17.2 Å². The number of hydrogen-bond donors (Lipinski definition) is 2. The maximum absolute atomic E-state index is 11.9. The summed E-state index contributed by atoms with van der Waals surface area (Å²) in [5.74, 6) is -0.0386. The number of nitrogens with one attached hydrogen (secondary N) is 1. The summed E-state index contributed by atoms with van der Waals surface area (Å²) >= 11 is 4.98. The summed E-state index contributed by atoms with van der Waals surface area (Å²) in [7, 11) is 0. The quantitative estimate of drug-likeness (QED) is 0.548. The lowest BCUT2D eigenvalue weighted by molar-refractivity contribution is 0.0697. The maximum atomic E-state index is 11.9. The van der Waals surface area contributed by atoms with Gasteiger partial charge in [-0.25, -0.2) is 4.79 Å². The highest BCUT2D eigenvalue weighted by atomic mass is 32.1. The largest absolute Gasteiger partial charge is 0.478 e. The normalized spacial score (nSPS) is 11.1. The van der Waals surface area contributed by atoms with Crippen LogP contribution in [0.1, 0.15) is 21.8 Å². The van der Waals surface area contributed by atoms with E-state index >= 15 is 0 Å². The zero-order chi connectivity index (χ0) is 18.0. The average Bonchev–Trinajstić information content (AvgIpc) is 3.07. The number of carboxylic acids is 1. The standard InChI is InChI=1S/C16H12N4O4S/c1-9-14(21)20(16(25)19-18-9)17-8-12-6-7-13(24-12)10-2-4-11(5-3-10)15(22)23/h2-8H,1H3,(H,19,25)(H,22,23)/b17-8+. The number of furan rings is 1. The third-order valence-electron chi connectivity index (χ3n) is 3.36. The van der Waals surface area contributed by atoms with Gasteiger partial charge in [-0.05, 0) is 43.4 Å². The molecule has 0 spiro atoms. The fourth-order valence-electron chi connectivity index (χ4n) is 2.05. The topological polar surface area (TPSA) is 113 Å². The Hall–Kier alpha value is -3.33. The molecule has 2 N–H and O–H groups in total. The predicted molar refractivity (Wildman–Crippen MR) is 92.5 cm³/mol. The van der Waals surface area contributed by atoms with Gasteiger partial charge in [0.25, 0.3) is 5.56 Å². The third kappa shape index (κ3) is 3.45. The molecule has 0 aliphatic carbocycles.